The van der Waals surface area contributed by atoms with E-state index in [0.717, 1.165) is 0 Å². The summed E-state index contributed by atoms with van der Waals surface area (Å²) in [7, 11) is 0. The van der Waals surface area contributed by atoms with E-state index in [4.69, 9.17) is 4.74 Å². The van der Waals surface area contributed by atoms with E-state index in [9.17, 15) is 14.4 Å². The van der Waals surface area contributed by atoms with Crippen LogP contribution in [-0.2, 0) is 9.59 Å². The first-order valence-electron chi connectivity index (χ1n) is 8.19. The molecule has 7 heteroatoms. The quantitative estimate of drug-likeness (QED) is 0.693. The predicted molar refractivity (Wildman–Crippen MR) is 97.5 cm³/mol. The van der Waals surface area contributed by atoms with Gasteiger partial charge >= 0.3 is 0 Å². The van der Waals surface area contributed by atoms with Gasteiger partial charge in [-0.2, -0.15) is 0 Å². The van der Waals surface area contributed by atoms with E-state index in [-0.39, 0.29) is 5.91 Å². The summed E-state index contributed by atoms with van der Waals surface area (Å²) in [5.41, 5.74) is 5.65. The molecule has 0 aliphatic rings. The molecule has 2 aromatic rings. The van der Waals surface area contributed by atoms with E-state index in [1.807, 2.05) is 25.1 Å². The highest BCUT2D eigenvalue weighted by molar-refractivity contribution is 5.96. The summed E-state index contributed by atoms with van der Waals surface area (Å²) in [5, 5.41) is 2.61. The second-order valence-electron chi connectivity index (χ2n) is 5.53. The van der Waals surface area contributed by atoms with Gasteiger partial charge in [-0.15, -0.1) is 0 Å². The first kappa shape index (κ1) is 19.0. The van der Waals surface area contributed by atoms with Crippen LogP contribution in [0, 0.1) is 0 Å². The van der Waals surface area contributed by atoms with E-state index < -0.39 is 17.9 Å². The number of para-hydroxylation sites is 1. The van der Waals surface area contributed by atoms with Crippen LogP contribution in [0.5, 0.6) is 5.75 Å². The molecule has 2 aromatic carbocycles. The molecule has 7 nitrogen and oxygen atoms in total. The van der Waals surface area contributed by atoms with Gasteiger partial charge in [0.2, 0.25) is 5.91 Å². The lowest BCUT2D eigenvalue weighted by atomic mass is 10.2. The maximum Gasteiger partial charge on any atom is 0.279 e. The number of rotatable bonds is 6. The average molecular weight is 355 g/mol. The molecule has 0 fully saturated rings. The van der Waals surface area contributed by atoms with Crippen LogP contribution in [0.4, 0.5) is 5.69 Å². The Balaban J connectivity index is 1.88. The van der Waals surface area contributed by atoms with Gasteiger partial charge in [0.05, 0.1) is 0 Å². The Labute approximate surface area is 151 Å². The maximum absolute atomic E-state index is 12.2. The van der Waals surface area contributed by atoms with Gasteiger partial charge < -0.3 is 10.1 Å². The van der Waals surface area contributed by atoms with Gasteiger partial charge in [0.25, 0.3) is 11.8 Å². The lowest BCUT2D eigenvalue weighted by Crippen LogP contribution is -2.47. The molecular weight excluding hydrogens is 334 g/mol. The third-order valence-corrected chi connectivity index (χ3v) is 3.45. The Bertz CT molecular complexity index is 760. The summed E-state index contributed by atoms with van der Waals surface area (Å²) < 4.78 is 5.61. The molecule has 0 aliphatic heterocycles. The first-order valence-corrected chi connectivity index (χ1v) is 8.19. The lowest BCUT2D eigenvalue weighted by molar-refractivity contribution is -0.128. The monoisotopic (exact) mass is 355 g/mol. The van der Waals surface area contributed by atoms with Crippen molar-refractivity contribution in [3.63, 3.8) is 0 Å². The van der Waals surface area contributed by atoms with Crippen molar-refractivity contribution >= 4 is 23.4 Å². The zero-order chi connectivity index (χ0) is 18.9. The molecule has 0 aliphatic carbocycles. The molecule has 26 heavy (non-hydrogen) atoms. The van der Waals surface area contributed by atoms with E-state index in [1.54, 1.807) is 36.4 Å². The van der Waals surface area contributed by atoms with E-state index in [2.05, 4.69) is 16.2 Å². The molecule has 0 spiro atoms. The van der Waals surface area contributed by atoms with Crippen molar-refractivity contribution in [1.82, 2.24) is 10.9 Å². The Kier molecular flexibility index (Phi) is 6.73. The van der Waals surface area contributed by atoms with Gasteiger partial charge in [-0.3, -0.25) is 25.2 Å². The standard InChI is InChI=1S/C19H21N3O4/c1-3-17(26-16-7-5-4-6-8-16)19(25)22-21-18(24)14-9-11-15(12-10-14)20-13(2)23/h4-12,17H,3H2,1-2H3,(H,20,23)(H,21,24)(H,22,25). The molecule has 0 saturated heterocycles. The highest BCUT2D eigenvalue weighted by Gasteiger charge is 2.19. The number of hydrazine groups is 1. The van der Waals surface area contributed by atoms with E-state index in [0.29, 0.717) is 23.4 Å². The third kappa shape index (κ3) is 5.62. The van der Waals surface area contributed by atoms with Crippen molar-refractivity contribution in [2.45, 2.75) is 26.4 Å². The number of benzene rings is 2. The fourth-order valence-electron chi connectivity index (χ4n) is 2.16. The summed E-state index contributed by atoms with van der Waals surface area (Å²) >= 11 is 0. The highest BCUT2D eigenvalue weighted by atomic mass is 16.5. The number of hydrogen-bond acceptors (Lipinski definition) is 4. The number of hydrogen-bond donors (Lipinski definition) is 3. The van der Waals surface area contributed by atoms with E-state index >= 15 is 0 Å². The van der Waals surface area contributed by atoms with Crippen LogP contribution >= 0.6 is 0 Å². The number of ether oxygens (including phenoxy) is 1. The Morgan fingerprint density at radius 1 is 0.962 bits per heavy atom. The zero-order valence-corrected chi connectivity index (χ0v) is 14.6. The molecule has 0 bridgehead atoms. The van der Waals surface area contributed by atoms with E-state index in [1.165, 1.54) is 6.92 Å². The van der Waals surface area contributed by atoms with Crippen LogP contribution in [0.2, 0.25) is 0 Å². The SMILES string of the molecule is CCC(Oc1ccccc1)C(=O)NNC(=O)c1ccc(NC(C)=O)cc1. The highest BCUT2D eigenvalue weighted by Crippen LogP contribution is 2.12. The summed E-state index contributed by atoms with van der Waals surface area (Å²) in [5.74, 6) is -0.533. The summed E-state index contributed by atoms with van der Waals surface area (Å²) in [6.07, 6.45) is -0.276. The molecule has 0 saturated carbocycles. The number of nitrogens with one attached hydrogen (secondary N) is 3. The van der Waals surface area contributed by atoms with Crippen molar-refractivity contribution in [3.05, 3.63) is 60.2 Å². The van der Waals surface area contributed by atoms with Crippen molar-refractivity contribution < 1.29 is 19.1 Å². The van der Waals surface area contributed by atoms with Crippen molar-refractivity contribution in [2.24, 2.45) is 0 Å². The van der Waals surface area contributed by atoms with Crippen LogP contribution in [0.3, 0.4) is 0 Å². The van der Waals surface area contributed by atoms with Crippen molar-refractivity contribution in [1.29, 1.82) is 0 Å². The topological polar surface area (TPSA) is 96.5 Å². The van der Waals surface area contributed by atoms with Gasteiger partial charge in [-0.1, -0.05) is 25.1 Å². The molecule has 3 amide bonds. The van der Waals surface area contributed by atoms with Crippen LogP contribution in [0.25, 0.3) is 0 Å². The largest absolute Gasteiger partial charge is 0.481 e. The molecule has 136 valence electrons. The fraction of sp³-hybridized carbons (Fsp3) is 0.211. The molecular formula is C19H21N3O4. The molecule has 0 aromatic heterocycles. The first-order chi connectivity index (χ1) is 12.5. The van der Waals surface area contributed by atoms with Gasteiger partial charge in [0, 0.05) is 18.2 Å². The Morgan fingerprint density at radius 3 is 2.19 bits per heavy atom. The van der Waals surface area contributed by atoms with Crippen molar-refractivity contribution in [2.75, 3.05) is 5.32 Å². The van der Waals surface area contributed by atoms with Crippen molar-refractivity contribution in [3.8, 4) is 5.75 Å². The van der Waals surface area contributed by atoms with Gasteiger partial charge in [0.1, 0.15) is 5.75 Å². The lowest BCUT2D eigenvalue weighted by Gasteiger charge is -2.17. The number of amides is 3. The molecule has 1 atom stereocenters. The molecule has 3 N–H and O–H groups in total. The van der Waals surface area contributed by atoms with Crippen LogP contribution in [-0.4, -0.2) is 23.8 Å². The number of carbonyl (C=O) groups is 3. The third-order valence-electron chi connectivity index (χ3n) is 3.45. The normalized spacial score (nSPS) is 11.2. The summed E-state index contributed by atoms with van der Waals surface area (Å²) in [6.45, 7) is 3.22. The molecule has 0 heterocycles. The predicted octanol–water partition coefficient (Wildman–Crippen LogP) is 2.26. The van der Waals surface area contributed by atoms with Crippen LogP contribution in [0.1, 0.15) is 30.6 Å². The summed E-state index contributed by atoms with van der Waals surface area (Å²) in [6, 6.07) is 15.3. The second kappa shape index (κ2) is 9.22. The molecule has 1 unspecified atom stereocenters. The smallest absolute Gasteiger partial charge is 0.279 e. The fourth-order valence-corrected chi connectivity index (χ4v) is 2.16. The zero-order valence-electron chi connectivity index (χ0n) is 14.6. The Morgan fingerprint density at radius 2 is 1.62 bits per heavy atom. The Hall–Kier alpha value is -3.35. The second-order valence-corrected chi connectivity index (χ2v) is 5.53. The summed E-state index contributed by atoms with van der Waals surface area (Å²) in [4.78, 5) is 35.3. The van der Waals surface area contributed by atoms with Crippen LogP contribution < -0.4 is 20.9 Å². The minimum Gasteiger partial charge on any atom is -0.481 e. The molecule has 0 radical (unpaired) electrons. The average Bonchev–Trinajstić information content (AvgIpc) is 2.65. The minimum absolute atomic E-state index is 0.196. The molecule has 2 rings (SSSR count). The van der Waals surface area contributed by atoms with Gasteiger partial charge in [0.15, 0.2) is 6.10 Å². The van der Waals surface area contributed by atoms with Gasteiger partial charge in [-0.25, -0.2) is 0 Å². The number of anilines is 1. The maximum atomic E-state index is 12.2. The van der Waals surface area contributed by atoms with Gasteiger partial charge in [-0.05, 0) is 42.8 Å². The number of carbonyl (C=O) groups excluding carboxylic acids is 3. The minimum atomic E-state index is -0.722. The van der Waals surface area contributed by atoms with Crippen LogP contribution in [0.15, 0.2) is 54.6 Å².